The van der Waals surface area contributed by atoms with Crippen molar-refractivity contribution in [2.45, 2.75) is 52.1 Å². The molecule has 0 amide bonds. The Morgan fingerprint density at radius 2 is 1.52 bits per heavy atom. The first-order valence-electron chi connectivity index (χ1n) is 11.1. The van der Waals surface area contributed by atoms with Crippen molar-refractivity contribution < 1.29 is 23.8 Å². The molecule has 1 atom stereocenters. The van der Waals surface area contributed by atoms with E-state index in [9.17, 15) is 9.59 Å². The van der Waals surface area contributed by atoms with Gasteiger partial charge in [0.25, 0.3) is 0 Å². The van der Waals surface area contributed by atoms with Crippen molar-refractivity contribution in [3.63, 3.8) is 0 Å². The van der Waals surface area contributed by atoms with E-state index in [1.807, 2.05) is 36.4 Å². The maximum Gasteiger partial charge on any atom is 0.338 e. The Morgan fingerprint density at radius 3 is 2.06 bits per heavy atom. The monoisotopic (exact) mass is 424 g/mol. The summed E-state index contributed by atoms with van der Waals surface area (Å²) in [5, 5.41) is 0. The molecule has 1 fully saturated rings. The molecule has 0 aliphatic heterocycles. The highest BCUT2D eigenvalue weighted by Crippen LogP contribution is 2.28. The predicted molar refractivity (Wildman–Crippen MR) is 120 cm³/mol. The van der Waals surface area contributed by atoms with E-state index in [0.29, 0.717) is 23.8 Å². The van der Waals surface area contributed by atoms with Gasteiger partial charge < -0.3 is 14.2 Å². The third kappa shape index (κ3) is 6.41. The largest absolute Gasteiger partial charge is 0.462 e. The molecule has 3 rings (SSSR count). The smallest absolute Gasteiger partial charge is 0.338 e. The maximum atomic E-state index is 12.4. The second-order valence-corrected chi connectivity index (χ2v) is 8.34. The van der Waals surface area contributed by atoms with Crippen molar-refractivity contribution in [3.05, 3.63) is 54.1 Å². The Balaban J connectivity index is 1.55. The standard InChI is InChI=1S/C26H32O5/c1-4-18(2)17-30-25(27)21-7-5-19(6-8-21)20-9-15-24(16-10-20)31-26(28)22-11-13-23(29-3)14-12-22/h5-10,15-16,18,22-23H,4,11-14,17H2,1-3H3/t18-,22-,23-/m0/s1. The molecule has 1 aliphatic rings. The van der Waals surface area contributed by atoms with Crippen molar-refractivity contribution in [2.24, 2.45) is 11.8 Å². The normalized spacial score (nSPS) is 19.5. The van der Waals surface area contributed by atoms with Crippen LogP contribution in [0.5, 0.6) is 5.75 Å². The lowest BCUT2D eigenvalue weighted by Gasteiger charge is -2.26. The van der Waals surface area contributed by atoms with Gasteiger partial charge in [-0.1, -0.05) is 44.5 Å². The molecule has 0 radical (unpaired) electrons. The minimum atomic E-state index is -0.298. The van der Waals surface area contributed by atoms with E-state index in [4.69, 9.17) is 14.2 Å². The van der Waals surface area contributed by atoms with Crippen LogP contribution in [-0.4, -0.2) is 31.8 Å². The zero-order valence-electron chi connectivity index (χ0n) is 18.6. The van der Waals surface area contributed by atoms with Gasteiger partial charge in [0.15, 0.2) is 0 Å². The van der Waals surface area contributed by atoms with Gasteiger partial charge in [0.1, 0.15) is 5.75 Å². The number of hydrogen-bond donors (Lipinski definition) is 0. The van der Waals surface area contributed by atoms with Crippen LogP contribution < -0.4 is 4.74 Å². The van der Waals surface area contributed by atoms with Gasteiger partial charge >= 0.3 is 11.9 Å². The van der Waals surface area contributed by atoms with E-state index < -0.39 is 0 Å². The molecular weight excluding hydrogens is 392 g/mol. The molecule has 0 aromatic heterocycles. The molecule has 2 aromatic carbocycles. The van der Waals surface area contributed by atoms with Crippen molar-refractivity contribution in [2.75, 3.05) is 13.7 Å². The number of carbonyl (C=O) groups excluding carboxylic acids is 2. The average Bonchev–Trinajstić information content (AvgIpc) is 2.83. The summed E-state index contributed by atoms with van der Waals surface area (Å²) >= 11 is 0. The van der Waals surface area contributed by atoms with Gasteiger partial charge in [-0.25, -0.2) is 4.79 Å². The van der Waals surface area contributed by atoms with Gasteiger partial charge in [-0.2, -0.15) is 0 Å². The Kier molecular flexibility index (Phi) is 8.24. The summed E-state index contributed by atoms with van der Waals surface area (Å²) in [6.07, 6.45) is 4.65. The Morgan fingerprint density at radius 1 is 0.935 bits per heavy atom. The molecule has 1 aliphatic carbocycles. The predicted octanol–water partition coefficient (Wildman–Crippen LogP) is 5.67. The molecule has 5 nitrogen and oxygen atoms in total. The van der Waals surface area contributed by atoms with Crippen molar-refractivity contribution in [3.8, 4) is 16.9 Å². The molecule has 1 saturated carbocycles. The lowest BCUT2D eigenvalue weighted by molar-refractivity contribution is -0.140. The fraction of sp³-hybridized carbons (Fsp3) is 0.462. The molecule has 0 saturated heterocycles. The van der Waals surface area contributed by atoms with Crippen molar-refractivity contribution in [1.82, 2.24) is 0 Å². The molecule has 166 valence electrons. The minimum absolute atomic E-state index is 0.0568. The number of benzene rings is 2. The van der Waals surface area contributed by atoms with Crippen molar-refractivity contribution >= 4 is 11.9 Å². The Bertz CT molecular complexity index is 848. The summed E-state index contributed by atoms with van der Waals surface area (Å²) in [5.41, 5.74) is 2.51. The van der Waals surface area contributed by atoms with Gasteiger partial charge in [0.2, 0.25) is 0 Å². The number of rotatable bonds is 8. The molecule has 0 heterocycles. The summed E-state index contributed by atoms with van der Waals surface area (Å²) in [6, 6.07) is 14.8. The quantitative estimate of drug-likeness (QED) is 0.404. The van der Waals surface area contributed by atoms with E-state index in [1.54, 1.807) is 19.2 Å². The third-order valence-corrected chi connectivity index (χ3v) is 6.06. The first kappa shape index (κ1) is 23.0. The Labute approximate surface area is 184 Å². The van der Waals surface area contributed by atoms with Gasteiger partial charge in [0.05, 0.1) is 24.2 Å². The molecule has 0 N–H and O–H groups in total. The van der Waals surface area contributed by atoms with Crippen LogP contribution in [0.2, 0.25) is 0 Å². The second kappa shape index (κ2) is 11.1. The number of ether oxygens (including phenoxy) is 3. The first-order chi connectivity index (χ1) is 15.0. The maximum absolute atomic E-state index is 12.4. The molecule has 0 bridgehead atoms. The average molecular weight is 425 g/mol. The molecule has 0 spiro atoms. The second-order valence-electron chi connectivity index (χ2n) is 8.34. The topological polar surface area (TPSA) is 61.8 Å². The van der Waals surface area contributed by atoms with E-state index in [2.05, 4.69) is 13.8 Å². The zero-order chi connectivity index (χ0) is 22.2. The first-order valence-corrected chi connectivity index (χ1v) is 11.1. The number of methoxy groups -OCH3 is 1. The van der Waals surface area contributed by atoms with Crippen LogP contribution in [0.4, 0.5) is 0 Å². The van der Waals surface area contributed by atoms with Gasteiger partial charge in [-0.3, -0.25) is 4.79 Å². The lowest BCUT2D eigenvalue weighted by atomic mass is 9.87. The van der Waals surface area contributed by atoms with Crippen LogP contribution in [0.3, 0.4) is 0 Å². The third-order valence-electron chi connectivity index (χ3n) is 6.06. The summed E-state index contributed by atoms with van der Waals surface area (Å²) in [4.78, 5) is 24.6. The number of carbonyl (C=O) groups is 2. The van der Waals surface area contributed by atoms with Crippen LogP contribution in [0.25, 0.3) is 11.1 Å². The minimum Gasteiger partial charge on any atom is -0.462 e. The summed E-state index contributed by atoms with van der Waals surface area (Å²) < 4.78 is 16.3. The number of hydrogen-bond acceptors (Lipinski definition) is 5. The van der Waals surface area contributed by atoms with Crippen LogP contribution >= 0.6 is 0 Å². The SMILES string of the molecule is CC[C@H](C)COC(=O)c1ccc(-c2ccc(OC(=O)[C@H]3CC[C@H](OC)CC3)cc2)cc1. The van der Waals surface area contributed by atoms with Crippen LogP contribution in [0.1, 0.15) is 56.3 Å². The number of esters is 2. The van der Waals surface area contributed by atoms with Crippen LogP contribution in [0.15, 0.2) is 48.5 Å². The van der Waals surface area contributed by atoms with Crippen molar-refractivity contribution in [1.29, 1.82) is 0 Å². The van der Waals surface area contributed by atoms with Gasteiger partial charge in [-0.05, 0) is 67.0 Å². The van der Waals surface area contributed by atoms with Crippen LogP contribution in [0, 0.1) is 11.8 Å². The highest BCUT2D eigenvalue weighted by atomic mass is 16.5. The summed E-state index contributed by atoms with van der Waals surface area (Å²) in [6.45, 7) is 4.57. The van der Waals surface area contributed by atoms with E-state index in [1.165, 1.54) is 0 Å². The van der Waals surface area contributed by atoms with Gasteiger partial charge in [-0.15, -0.1) is 0 Å². The molecule has 2 aromatic rings. The fourth-order valence-electron chi connectivity index (χ4n) is 3.67. The Hall–Kier alpha value is -2.66. The van der Waals surface area contributed by atoms with E-state index >= 15 is 0 Å². The molecule has 31 heavy (non-hydrogen) atoms. The zero-order valence-corrected chi connectivity index (χ0v) is 18.6. The fourth-order valence-corrected chi connectivity index (χ4v) is 3.67. The van der Waals surface area contributed by atoms with E-state index in [0.717, 1.165) is 43.2 Å². The lowest BCUT2D eigenvalue weighted by Crippen LogP contribution is -2.28. The van der Waals surface area contributed by atoms with E-state index in [-0.39, 0.29) is 24.0 Å². The molecule has 5 heteroatoms. The summed E-state index contributed by atoms with van der Waals surface area (Å²) in [5.74, 6) is 0.388. The molecular formula is C26H32O5. The summed E-state index contributed by atoms with van der Waals surface area (Å²) in [7, 11) is 1.72. The highest BCUT2D eigenvalue weighted by molar-refractivity contribution is 5.90. The van der Waals surface area contributed by atoms with Gasteiger partial charge in [0, 0.05) is 7.11 Å². The molecule has 0 unspecified atom stereocenters. The van der Waals surface area contributed by atoms with Crippen LogP contribution in [-0.2, 0) is 14.3 Å². The highest BCUT2D eigenvalue weighted by Gasteiger charge is 2.27.